The van der Waals surface area contributed by atoms with Gasteiger partial charge in [0.1, 0.15) is 5.78 Å². The quantitative estimate of drug-likeness (QED) is 0.429. The lowest BCUT2D eigenvalue weighted by atomic mass is 9.92. The predicted octanol–water partition coefficient (Wildman–Crippen LogP) is 0.825. The average molecular weight is 399 g/mol. The number of hydrogen-bond acceptors (Lipinski definition) is 7. The number of Topliss-reactive ketones (excluding diaryl/α,β-unsaturated/α-hetero) is 2. The van der Waals surface area contributed by atoms with E-state index in [9.17, 15) is 24.3 Å². The standard InChI is InChI=1S/C21H25N3O5/c25-14-7-8-16(17(26)11-14)24-19(27)15-6-4-5-13(18(15)20(24)28)12-22-21(29)23-9-2-1-3-10-23/h4-6,16,21-22,29H,1-3,7-12H2. The summed E-state index contributed by atoms with van der Waals surface area (Å²) in [5, 5.41) is 13.4. The third-order valence-corrected chi connectivity index (χ3v) is 6.00. The molecule has 2 heterocycles. The number of rotatable bonds is 5. The minimum atomic E-state index is -0.875. The average Bonchev–Trinajstić information content (AvgIpc) is 2.98. The largest absolute Gasteiger partial charge is 0.365 e. The van der Waals surface area contributed by atoms with Crippen LogP contribution in [0.5, 0.6) is 0 Å². The number of hydrogen-bond donors (Lipinski definition) is 2. The summed E-state index contributed by atoms with van der Waals surface area (Å²) in [6.45, 7) is 1.86. The molecule has 1 aliphatic carbocycles. The molecule has 2 N–H and O–H groups in total. The molecule has 2 amide bonds. The predicted molar refractivity (Wildman–Crippen MR) is 103 cm³/mol. The fraction of sp³-hybridized carbons (Fsp3) is 0.524. The third-order valence-electron chi connectivity index (χ3n) is 6.00. The maximum absolute atomic E-state index is 13.1. The van der Waals surface area contributed by atoms with Crippen LogP contribution in [0.1, 0.15) is 64.8 Å². The van der Waals surface area contributed by atoms with Crippen molar-refractivity contribution in [2.24, 2.45) is 0 Å². The Balaban J connectivity index is 1.51. The van der Waals surface area contributed by atoms with Crippen molar-refractivity contribution in [1.82, 2.24) is 15.1 Å². The molecule has 154 valence electrons. The molecule has 1 aromatic carbocycles. The van der Waals surface area contributed by atoms with Crippen molar-refractivity contribution in [2.75, 3.05) is 13.1 Å². The van der Waals surface area contributed by atoms with Gasteiger partial charge in [-0.25, -0.2) is 0 Å². The van der Waals surface area contributed by atoms with Crippen molar-refractivity contribution in [2.45, 2.75) is 57.5 Å². The van der Waals surface area contributed by atoms with Gasteiger partial charge in [-0.1, -0.05) is 18.6 Å². The van der Waals surface area contributed by atoms with E-state index in [1.807, 2.05) is 4.90 Å². The van der Waals surface area contributed by atoms with Gasteiger partial charge >= 0.3 is 0 Å². The number of piperidine rings is 1. The number of fused-ring (bicyclic) bond motifs is 1. The minimum absolute atomic E-state index is 0.153. The second kappa shape index (κ2) is 8.14. The van der Waals surface area contributed by atoms with Crippen molar-refractivity contribution in [3.8, 4) is 0 Å². The number of likely N-dealkylation sites (tertiary alicyclic amines) is 1. The Labute approximate surface area is 168 Å². The van der Waals surface area contributed by atoms with Gasteiger partial charge in [0.15, 0.2) is 12.1 Å². The van der Waals surface area contributed by atoms with Crippen LogP contribution in [0.15, 0.2) is 18.2 Å². The highest BCUT2D eigenvalue weighted by Crippen LogP contribution is 2.31. The summed E-state index contributed by atoms with van der Waals surface area (Å²) in [7, 11) is 0. The minimum Gasteiger partial charge on any atom is -0.365 e. The highest BCUT2D eigenvalue weighted by Gasteiger charge is 2.45. The summed E-state index contributed by atoms with van der Waals surface area (Å²) in [6, 6.07) is 4.15. The maximum atomic E-state index is 13.1. The molecule has 0 bridgehead atoms. The van der Waals surface area contributed by atoms with Crippen molar-refractivity contribution in [3.05, 3.63) is 34.9 Å². The summed E-state index contributed by atoms with van der Waals surface area (Å²) in [5.74, 6) is -1.52. The van der Waals surface area contributed by atoms with E-state index in [0.717, 1.165) is 37.3 Å². The summed E-state index contributed by atoms with van der Waals surface area (Å²) < 4.78 is 0. The van der Waals surface area contributed by atoms with Gasteiger partial charge in [0.25, 0.3) is 11.8 Å². The van der Waals surface area contributed by atoms with E-state index in [1.165, 1.54) is 0 Å². The molecule has 2 aliphatic heterocycles. The lowest BCUT2D eigenvalue weighted by Gasteiger charge is -2.31. The van der Waals surface area contributed by atoms with Crippen LogP contribution in [0.2, 0.25) is 0 Å². The van der Waals surface area contributed by atoms with E-state index >= 15 is 0 Å². The second-order valence-corrected chi connectivity index (χ2v) is 7.91. The Morgan fingerprint density at radius 3 is 2.55 bits per heavy atom. The lowest BCUT2D eigenvalue weighted by molar-refractivity contribution is -0.132. The van der Waals surface area contributed by atoms with E-state index in [4.69, 9.17) is 0 Å². The zero-order valence-corrected chi connectivity index (χ0v) is 16.2. The monoisotopic (exact) mass is 399 g/mol. The Kier molecular flexibility index (Phi) is 5.58. The Bertz CT molecular complexity index is 862. The molecule has 0 spiro atoms. The normalized spacial score (nSPS) is 24.2. The molecular weight excluding hydrogens is 374 g/mol. The number of carbonyl (C=O) groups excluding carboxylic acids is 4. The summed E-state index contributed by atoms with van der Waals surface area (Å²) in [6.07, 6.45) is 2.57. The highest BCUT2D eigenvalue weighted by molar-refractivity contribution is 6.24. The molecule has 1 saturated heterocycles. The summed E-state index contributed by atoms with van der Waals surface area (Å²) in [4.78, 5) is 52.7. The van der Waals surface area contributed by atoms with Crippen molar-refractivity contribution < 1.29 is 24.3 Å². The molecule has 3 aliphatic rings. The molecule has 2 atom stereocenters. The molecule has 2 unspecified atom stereocenters. The van der Waals surface area contributed by atoms with Gasteiger partial charge in [0.05, 0.1) is 23.6 Å². The van der Waals surface area contributed by atoms with Crippen molar-refractivity contribution in [1.29, 1.82) is 0 Å². The summed E-state index contributed by atoms with van der Waals surface area (Å²) in [5.41, 5.74) is 1.16. The topological polar surface area (TPSA) is 107 Å². The zero-order valence-electron chi connectivity index (χ0n) is 16.2. The Morgan fingerprint density at radius 2 is 1.83 bits per heavy atom. The van der Waals surface area contributed by atoms with E-state index in [1.54, 1.807) is 18.2 Å². The maximum Gasteiger partial charge on any atom is 0.262 e. The number of benzene rings is 1. The van der Waals surface area contributed by atoms with E-state index < -0.39 is 24.2 Å². The first-order valence-electron chi connectivity index (χ1n) is 10.2. The third kappa shape index (κ3) is 3.75. The first-order valence-corrected chi connectivity index (χ1v) is 10.2. The van der Waals surface area contributed by atoms with E-state index in [-0.39, 0.29) is 48.5 Å². The van der Waals surface area contributed by atoms with Gasteiger partial charge in [0, 0.05) is 26.1 Å². The molecule has 8 heteroatoms. The molecule has 1 saturated carbocycles. The number of aliphatic hydroxyl groups is 1. The lowest BCUT2D eigenvalue weighted by Crippen LogP contribution is -2.48. The molecule has 1 aromatic rings. The number of amides is 2. The van der Waals surface area contributed by atoms with Crippen LogP contribution in [-0.4, -0.2) is 63.8 Å². The van der Waals surface area contributed by atoms with Crippen LogP contribution in [0.25, 0.3) is 0 Å². The summed E-state index contributed by atoms with van der Waals surface area (Å²) >= 11 is 0. The van der Waals surface area contributed by atoms with Gasteiger partial charge in [-0.2, -0.15) is 0 Å². The molecule has 0 aromatic heterocycles. The van der Waals surface area contributed by atoms with Crippen LogP contribution in [0.3, 0.4) is 0 Å². The van der Waals surface area contributed by atoms with E-state index in [0.29, 0.717) is 5.56 Å². The van der Waals surface area contributed by atoms with Gasteiger partial charge in [0.2, 0.25) is 0 Å². The van der Waals surface area contributed by atoms with E-state index in [2.05, 4.69) is 5.32 Å². The number of imide groups is 1. The molecule has 4 rings (SSSR count). The number of nitrogens with zero attached hydrogens (tertiary/aromatic N) is 2. The van der Waals surface area contributed by atoms with Crippen LogP contribution >= 0.6 is 0 Å². The molecular formula is C21H25N3O5. The SMILES string of the molecule is O=C1CCC(N2C(=O)c3cccc(CNC(O)N4CCCCC4)c3C2=O)C(=O)C1. The molecule has 29 heavy (non-hydrogen) atoms. The first-order chi connectivity index (χ1) is 14.0. The number of aliphatic hydroxyl groups excluding tert-OH is 1. The van der Waals surface area contributed by atoms with Crippen LogP contribution in [0, 0.1) is 0 Å². The van der Waals surface area contributed by atoms with Crippen LogP contribution in [-0.2, 0) is 16.1 Å². The Hall–Kier alpha value is -2.42. The van der Waals surface area contributed by atoms with Crippen molar-refractivity contribution in [3.63, 3.8) is 0 Å². The first kappa shape index (κ1) is 19.9. The number of nitrogens with one attached hydrogen (secondary N) is 1. The van der Waals surface area contributed by atoms with Gasteiger partial charge in [-0.15, -0.1) is 0 Å². The number of ketones is 2. The highest BCUT2D eigenvalue weighted by atomic mass is 16.3. The molecule has 2 fully saturated rings. The smallest absolute Gasteiger partial charge is 0.262 e. The van der Waals surface area contributed by atoms with Gasteiger partial charge in [-0.05, 0) is 30.9 Å². The molecule has 8 nitrogen and oxygen atoms in total. The fourth-order valence-electron chi connectivity index (χ4n) is 4.43. The van der Waals surface area contributed by atoms with Gasteiger partial charge < -0.3 is 5.11 Å². The van der Waals surface area contributed by atoms with Crippen molar-refractivity contribution >= 4 is 23.4 Å². The van der Waals surface area contributed by atoms with Crippen LogP contribution < -0.4 is 5.32 Å². The zero-order chi connectivity index (χ0) is 20.5. The van der Waals surface area contributed by atoms with Crippen LogP contribution in [0.4, 0.5) is 0 Å². The molecule has 0 radical (unpaired) electrons. The number of carbonyl (C=O) groups is 4. The van der Waals surface area contributed by atoms with Gasteiger partial charge in [-0.3, -0.25) is 34.3 Å². The fourth-order valence-corrected chi connectivity index (χ4v) is 4.43. The second-order valence-electron chi connectivity index (χ2n) is 7.91. The Morgan fingerprint density at radius 1 is 1.07 bits per heavy atom.